The van der Waals surface area contributed by atoms with E-state index in [2.05, 4.69) is 13.8 Å². The largest absolute Gasteiger partial charge is 0.491 e. The van der Waals surface area contributed by atoms with Crippen LogP contribution in [0.1, 0.15) is 192 Å². The average molecular weight is 757 g/mol. The van der Waals surface area contributed by atoms with Gasteiger partial charge in [0.25, 0.3) is 0 Å². The van der Waals surface area contributed by atoms with Crippen LogP contribution in [0.25, 0.3) is 0 Å². The Morgan fingerprint density at radius 1 is 0.426 bits per heavy atom. The molecule has 0 saturated heterocycles. The van der Waals surface area contributed by atoms with Crippen molar-refractivity contribution in [1.29, 1.82) is 0 Å². The predicted molar refractivity (Wildman–Crippen MR) is 214 cm³/mol. The molecule has 0 radical (unpaired) electrons. The molecule has 6 rings (SSSR count). The van der Waals surface area contributed by atoms with Gasteiger partial charge < -0.3 is 9.47 Å². The molecular weight excluding hydrogens is 685 g/mol. The van der Waals surface area contributed by atoms with Crippen LogP contribution in [-0.2, 0) is 0 Å². The lowest BCUT2D eigenvalue weighted by Crippen LogP contribution is -2.25. The summed E-state index contributed by atoms with van der Waals surface area (Å²) in [6, 6.07) is 6.68. The third-order valence-electron chi connectivity index (χ3n) is 14.2. The molecule has 0 heterocycles. The Morgan fingerprint density at radius 3 is 1.15 bits per heavy atom. The van der Waals surface area contributed by atoms with Crippen LogP contribution < -0.4 is 9.47 Å². The van der Waals surface area contributed by atoms with Crippen LogP contribution in [0.3, 0.4) is 0 Å². The van der Waals surface area contributed by atoms with Gasteiger partial charge in [-0.05, 0) is 162 Å². The van der Waals surface area contributed by atoms with Crippen molar-refractivity contribution in [2.75, 3.05) is 13.2 Å². The van der Waals surface area contributed by atoms with Crippen LogP contribution in [0.5, 0.6) is 11.5 Å². The van der Waals surface area contributed by atoms with Crippen molar-refractivity contribution >= 4 is 0 Å². The molecule has 304 valence electrons. The maximum atomic E-state index is 14.5. The van der Waals surface area contributed by atoms with E-state index >= 15 is 0 Å². The Hall–Kier alpha value is -2.24. The molecule has 0 amide bonds. The van der Waals surface area contributed by atoms with Gasteiger partial charge in [-0.1, -0.05) is 90.2 Å². The molecule has 0 aliphatic heterocycles. The summed E-state index contributed by atoms with van der Waals surface area (Å²) in [6.45, 7) is 8.83. The highest BCUT2D eigenvalue weighted by Gasteiger charge is 2.34. The molecule has 0 N–H and O–H groups in total. The molecule has 0 aromatic heterocycles. The molecule has 0 atom stereocenters. The molecule has 6 heteroatoms. The molecule has 0 bridgehead atoms. The van der Waals surface area contributed by atoms with Crippen LogP contribution >= 0.6 is 0 Å². The summed E-state index contributed by atoms with van der Waals surface area (Å²) in [7, 11) is 0. The van der Waals surface area contributed by atoms with E-state index in [4.69, 9.17) is 9.47 Å². The van der Waals surface area contributed by atoms with E-state index in [0.717, 1.165) is 61.2 Å². The fourth-order valence-electron chi connectivity index (χ4n) is 11.0. The van der Waals surface area contributed by atoms with Crippen molar-refractivity contribution in [1.82, 2.24) is 0 Å². The zero-order valence-corrected chi connectivity index (χ0v) is 34.2. The van der Waals surface area contributed by atoms with Gasteiger partial charge in [-0.2, -0.15) is 8.78 Å². The van der Waals surface area contributed by atoms with Crippen molar-refractivity contribution in [2.24, 2.45) is 35.5 Å². The highest BCUT2D eigenvalue weighted by atomic mass is 19.2. The van der Waals surface area contributed by atoms with Crippen molar-refractivity contribution in [3.63, 3.8) is 0 Å². The molecule has 4 fully saturated rings. The summed E-state index contributed by atoms with van der Waals surface area (Å²) in [5, 5.41) is 0. The van der Waals surface area contributed by atoms with Gasteiger partial charge in [0.05, 0.1) is 13.2 Å². The summed E-state index contributed by atoms with van der Waals surface area (Å²) in [4.78, 5) is 0. The smallest absolute Gasteiger partial charge is 0.200 e. The maximum Gasteiger partial charge on any atom is 0.200 e. The SMILES string of the molecule is CCCC1CCC(C2CCC(c3ccc(OCC)c(F)c3F)CC2)CC1.CCCCCC1CCC(C2CCC(c3ccc(OCC)c(F)c3F)CC2)CC1. The van der Waals surface area contributed by atoms with E-state index in [1.165, 1.54) is 116 Å². The first-order valence-corrected chi connectivity index (χ1v) is 22.5. The zero-order chi connectivity index (χ0) is 38.5. The zero-order valence-electron chi connectivity index (χ0n) is 34.2. The van der Waals surface area contributed by atoms with Gasteiger partial charge in [0.15, 0.2) is 23.1 Å². The summed E-state index contributed by atoms with van der Waals surface area (Å²) >= 11 is 0. The number of benzene rings is 2. The molecule has 2 aromatic carbocycles. The standard InChI is InChI=1S/C25H38F2O.C23H34F2O/c1-3-5-6-7-18-8-10-19(11-9-18)20-12-14-21(15-13-20)22-16-17-23(28-4-2)25(27)24(22)26;1-3-5-16-6-8-17(9-7-16)18-10-12-19(13-11-18)20-14-15-21(26-4-2)23(25)22(20)24/h16-21H,3-15H2,1-2H3;14-19H,3-13H2,1-2H3. The summed E-state index contributed by atoms with van der Waals surface area (Å²) in [5.74, 6) is 2.60. The first kappa shape index (κ1) is 42.9. The minimum Gasteiger partial charge on any atom is -0.491 e. The molecule has 4 aliphatic rings. The minimum absolute atomic E-state index is 0.0336. The number of halogens is 4. The van der Waals surface area contributed by atoms with E-state index in [1.54, 1.807) is 38.1 Å². The molecular formula is C48H72F4O2. The number of rotatable bonds is 14. The normalized spacial score (nSPS) is 28.9. The first-order chi connectivity index (χ1) is 26.3. The van der Waals surface area contributed by atoms with Crippen molar-refractivity contribution in [3.05, 3.63) is 58.7 Å². The molecule has 2 aromatic rings. The van der Waals surface area contributed by atoms with Crippen LogP contribution in [0.15, 0.2) is 24.3 Å². The lowest BCUT2D eigenvalue weighted by atomic mass is 9.68. The van der Waals surface area contributed by atoms with Gasteiger partial charge in [-0.25, -0.2) is 8.78 Å². The van der Waals surface area contributed by atoms with Gasteiger partial charge >= 0.3 is 0 Å². The Kier molecular flexibility index (Phi) is 17.4. The second-order valence-corrected chi connectivity index (χ2v) is 17.5. The van der Waals surface area contributed by atoms with Crippen molar-refractivity contribution in [3.8, 4) is 11.5 Å². The van der Waals surface area contributed by atoms with Crippen LogP contribution in [0.4, 0.5) is 17.6 Å². The molecule has 54 heavy (non-hydrogen) atoms. The van der Waals surface area contributed by atoms with Crippen molar-refractivity contribution in [2.45, 2.75) is 181 Å². The number of hydrogen-bond acceptors (Lipinski definition) is 2. The third kappa shape index (κ3) is 11.4. The van der Waals surface area contributed by atoms with Crippen LogP contribution in [0.2, 0.25) is 0 Å². The Labute approximate surface area is 325 Å². The number of ether oxygens (including phenoxy) is 2. The van der Waals surface area contributed by atoms with E-state index < -0.39 is 23.3 Å². The fraction of sp³-hybridized carbons (Fsp3) is 0.750. The van der Waals surface area contributed by atoms with Gasteiger partial charge in [0.2, 0.25) is 11.6 Å². The summed E-state index contributed by atoms with van der Waals surface area (Å²) < 4.78 is 67.8. The summed E-state index contributed by atoms with van der Waals surface area (Å²) in [6.07, 6.45) is 28.0. The molecule has 4 aliphatic carbocycles. The third-order valence-corrected chi connectivity index (χ3v) is 14.2. The molecule has 0 spiro atoms. The second-order valence-electron chi connectivity index (χ2n) is 17.5. The summed E-state index contributed by atoms with van der Waals surface area (Å²) in [5.41, 5.74) is 1.11. The monoisotopic (exact) mass is 757 g/mol. The maximum absolute atomic E-state index is 14.5. The van der Waals surface area contributed by atoms with E-state index in [0.29, 0.717) is 24.3 Å². The fourth-order valence-corrected chi connectivity index (χ4v) is 11.0. The first-order valence-electron chi connectivity index (χ1n) is 22.5. The molecule has 2 nitrogen and oxygen atoms in total. The Balaban J connectivity index is 0.000000208. The second kappa shape index (κ2) is 21.9. The van der Waals surface area contributed by atoms with Gasteiger partial charge in [-0.15, -0.1) is 0 Å². The minimum atomic E-state index is -0.819. The van der Waals surface area contributed by atoms with Gasteiger partial charge in [0.1, 0.15) is 0 Å². The predicted octanol–water partition coefficient (Wildman–Crippen LogP) is 15.3. The van der Waals surface area contributed by atoms with E-state index in [-0.39, 0.29) is 23.3 Å². The van der Waals surface area contributed by atoms with Crippen LogP contribution in [0, 0.1) is 58.8 Å². The number of unbranched alkanes of at least 4 members (excludes halogenated alkanes) is 2. The van der Waals surface area contributed by atoms with Gasteiger partial charge in [0, 0.05) is 0 Å². The quantitative estimate of drug-likeness (QED) is 0.141. The van der Waals surface area contributed by atoms with Crippen LogP contribution in [-0.4, -0.2) is 13.2 Å². The Morgan fingerprint density at radius 2 is 0.796 bits per heavy atom. The molecule has 4 saturated carbocycles. The Bertz CT molecular complexity index is 1380. The van der Waals surface area contributed by atoms with E-state index in [9.17, 15) is 17.6 Å². The molecule has 0 unspecified atom stereocenters. The highest BCUT2D eigenvalue weighted by Crippen LogP contribution is 2.47. The van der Waals surface area contributed by atoms with Crippen molar-refractivity contribution < 1.29 is 27.0 Å². The highest BCUT2D eigenvalue weighted by molar-refractivity contribution is 5.34. The van der Waals surface area contributed by atoms with Gasteiger partial charge in [-0.3, -0.25) is 0 Å². The van der Waals surface area contributed by atoms with E-state index in [1.807, 2.05) is 0 Å². The lowest BCUT2D eigenvalue weighted by Gasteiger charge is -2.38. The lowest BCUT2D eigenvalue weighted by molar-refractivity contribution is 0.155. The topological polar surface area (TPSA) is 18.5 Å². The number of hydrogen-bond donors (Lipinski definition) is 0. The average Bonchev–Trinajstić information content (AvgIpc) is 3.20.